The minimum Gasteiger partial charge on any atom is -0.348 e. The molecule has 2 aromatic rings. The zero-order chi connectivity index (χ0) is 11.1. The van der Waals surface area contributed by atoms with E-state index >= 15 is 0 Å². The number of hydrogen-bond donors (Lipinski definition) is 3. The average molecular weight is 217 g/mol. The fraction of sp³-hybridized carbons (Fsp3) is 0.455. The number of aromatic nitrogens is 4. The van der Waals surface area contributed by atoms with E-state index in [1.165, 1.54) is 11.3 Å². The van der Waals surface area contributed by atoms with Crippen LogP contribution in [0.3, 0.4) is 0 Å². The number of nitrogens with one attached hydrogen (secondary N) is 3. The third-order valence-corrected chi connectivity index (χ3v) is 3.22. The number of H-pyrrole nitrogens is 2. The monoisotopic (exact) mass is 217 g/mol. The van der Waals surface area contributed by atoms with Crippen LogP contribution in [0.4, 0.5) is 0 Å². The molecule has 0 spiro atoms. The Hall–Kier alpha value is -1.62. The minimum atomic E-state index is 0.175. The molecule has 0 saturated carbocycles. The number of aromatic amines is 2. The van der Waals surface area contributed by atoms with E-state index in [1.807, 2.05) is 6.92 Å². The first-order valence-electron chi connectivity index (χ1n) is 5.54. The highest BCUT2D eigenvalue weighted by molar-refractivity contribution is 5.36. The molecule has 5 nitrogen and oxygen atoms in total. The van der Waals surface area contributed by atoms with Crippen LogP contribution in [0.1, 0.15) is 34.4 Å². The van der Waals surface area contributed by atoms with Gasteiger partial charge in [0.05, 0.1) is 23.8 Å². The lowest BCUT2D eigenvalue weighted by molar-refractivity contribution is 0.550. The van der Waals surface area contributed by atoms with Gasteiger partial charge in [-0.2, -0.15) is 5.10 Å². The van der Waals surface area contributed by atoms with Gasteiger partial charge in [0.25, 0.3) is 0 Å². The number of rotatable bonds is 1. The Labute approximate surface area is 93.7 Å². The van der Waals surface area contributed by atoms with Crippen LogP contribution in [0.5, 0.6) is 0 Å². The van der Waals surface area contributed by atoms with Gasteiger partial charge in [-0.25, -0.2) is 4.98 Å². The van der Waals surface area contributed by atoms with Gasteiger partial charge in [0.2, 0.25) is 0 Å². The summed E-state index contributed by atoms with van der Waals surface area (Å²) in [7, 11) is 0. The summed E-state index contributed by atoms with van der Waals surface area (Å²) in [5.74, 6) is 0. The van der Waals surface area contributed by atoms with Crippen LogP contribution in [0.2, 0.25) is 0 Å². The van der Waals surface area contributed by atoms with Crippen molar-refractivity contribution in [3.8, 4) is 0 Å². The fourth-order valence-corrected chi connectivity index (χ4v) is 2.44. The quantitative estimate of drug-likeness (QED) is 0.667. The molecule has 84 valence electrons. The van der Waals surface area contributed by atoms with E-state index in [4.69, 9.17) is 0 Å². The van der Waals surface area contributed by atoms with Gasteiger partial charge in [-0.1, -0.05) is 0 Å². The Balaban J connectivity index is 2.10. The van der Waals surface area contributed by atoms with E-state index < -0.39 is 0 Å². The summed E-state index contributed by atoms with van der Waals surface area (Å²) in [4.78, 5) is 7.62. The van der Waals surface area contributed by atoms with Crippen LogP contribution in [-0.2, 0) is 6.42 Å². The van der Waals surface area contributed by atoms with Gasteiger partial charge in [-0.3, -0.25) is 5.10 Å². The van der Waals surface area contributed by atoms with E-state index in [0.29, 0.717) is 0 Å². The van der Waals surface area contributed by atoms with Gasteiger partial charge < -0.3 is 10.3 Å². The van der Waals surface area contributed by atoms with Crippen molar-refractivity contribution in [3.63, 3.8) is 0 Å². The molecule has 0 radical (unpaired) electrons. The maximum atomic E-state index is 4.42. The van der Waals surface area contributed by atoms with Crippen LogP contribution in [0.25, 0.3) is 0 Å². The first-order valence-corrected chi connectivity index (χ1v) is 5.54. The molecule has 0 amide bonds. The zero-order valence-corrected chi connectivity index (χ0v) is 9.46. The molecule has 1 aliphatic heterocycles. The molecule has 2 aromatic heterocycles. The number of nitrogens with zero attached hydrogens (tertiary/aromatic N) is 2. The van der Waals surface area contributed by atoms with E-state index in [1.54, 1.807) is 6.33 Å². The summed E-state index contributed by atoms with van der Waals surface area (Å²) in [5.41, 5.74) is 5.74. The normalized spacial score (nSPS) is 19.8. The topological polar surface area (TPSA) is 69.4 Å². The molecule has 0 fully saturated rings. The molecule has 16 heavy (non-hydrogen) atoms. The first-order chi connectivity index (χ1) is 7.77. The summed E-state index contributed by atoms with van der Waals surface area (Å²) >= 11 is 0. The van der Waals surface area contributed by atoms with E-state index in [-0.39, 0.29) is 6.04 Å². The molecule has 1 aliphatic rings. The van der Waals surface area contributed by atoms with Gasteiger partial charge in [0.15, 0.2) is 0 Å². The highest BCUT2D eigenvalue weighted by atomic mass is 15.1. The number of hydrogen-bond acceptors (Lipinski definition) is 3. The van der Waals surface area contributed by atoms with Crippen LogP contribution in [-0.4, -0.2) is 26.7 Å². The lowest BCUT2D eigenvalue weighted by Crippen LogP contribution is -2.31. The predicted octanol–water partition coefficient (Wildman–Crippen LogP) is 0.985. The van der Waals surface area contributed by atoms with Crippen LogP contribution < -0.4 is 5.32 Å². The summed E-state index contributed by atoms with van der Waals surface area (Å²) in [5, 5.41) is 10.8. The zero-order valence-electron chi connectivity index (χ0n) is 9.46. The summed E-state index contributed by atoms with van der Waals surface area (Å²) in [6.45, 7) is 5.06. The number of imidazole rings is 1. The van der Waals surface area contributed by atoms with Crippen LogP contribution in [0.15, 0.2) is 6.33 Å². The van der Waals surface area contributed by atoms with Crippen molar-refractivity contribution >= 4 is 0 Å². The smallest absolute Gasteiger partial charge is 0.0926 e. The number of aryl methyl sites for hydroxylation is 2. The second kappa shape index (κ2) is 3.45. The van der Waals surface area contributed by atoms with Gasteiger partial charge in [0, 0.05) is 29.9 Å². The summed E-state index contributed by atoms with van der Waals surface area (Å²) in [6, 6.07) is 0.175. The van der Waals surface area contributed by atoms with Crippen LogP contribution in [0, 0.1) is 13.8 Å². The van der Waals surface area contributed by atoms with Gasteiger partial charge >= 0.3 is 0 Å². The molecule has 3 N–H and O–H groups in total. The molecule has 0 aliphatic carbocycles. The molecule has 0 aromatic carbocycles. The molecule has 0 saturated heterocycles. The molecule has 3 heterocycles. The van der Waals surface area contributed by atoms with Crippen molar-refractivity contribution in [1.82, 2.24) is 25.5 Å². The average Bonchev–Trinajstić information content (AvgIpc) is 2.86. The second-order valence-electron chi connectivity index (χ2n) is 4.25. The lowest BCUT2D eigenvalue weighted by Gasteiger charge is -2.23. The van der Waals surface area contributed by atoms with Crippen molar-refractivity contribution in [2.45, 2.75) is 26.3 Å². The molecule has 3 rings (SSSR count). The van der Waals surface area contributed by atoms with Gasteiger partial charge in [-0.15, -0.1) is 0 Å². The molecule has 1 unspecified atom stereocenters. The number of fused-ring (bicyclic) bond motifs is 1. The Kier molecular flexibility index (Phi) is 2.07. The van der Waals surface area contributed by atoms with E-state index in [9.17, 15) is 0 Å². The van der Waals surface area contributed by atoms with E-state index in [2.05, 4.69) is 32.4 Å². The summed E-state index contributed by atoms with van der Waals surface area (Å²) < 4.78 is 0. The molecular weight excluding hydrogens is 202 g/mol. The molecule has 5 heteroatoms. The third kappa shape index (κ3) is 1.28. The van der Waals surface area contributed by atoms with Gasteiger partial charge in [-0.05, 0) is 13.8 Å². The van der Waals surface area contributed by atoms with Crippen LogP contribution >= 0.6 is 0 Å². The Morgan fingerprint density at radius 2 is 2.25 bits per heavy atom. The molecular formula is C11H15N5. The molecule has 1 atom stereocenters. The Bertz CT molecular complexity index is 491. The first kappa shape index (κ1) is 9.59. The van der Waals surface area contributed by atoms with Crippen molar-refractivity contribution in [2.24, 2.45) is 0 Å². The highest BCUT2D eigenvalue weighted by Crippen LogP contribution is 2.29. The van der Waals surface area contributed by atoms with Crippen molar-refractivity contribution in [3.05, 3.63) is 34.7 Å². The third-order valence-electron chi connectivity index (χ3n) is 3.22. The second-order valence-corrected chi connectivity index (χ2v) is 4.25. The summed E-state index contributed by atoms with van der Waals surface area (Å²) in [6.07, 6.45) is 2.79. The highest BCUT2D eigenvalue weighted by Gasteiger charge is 2.27. The van der Waals surface area contributed by atoms with Gasteiger partial charge in [0.1, 0.15) is 0 Å². The Morgan fingerprint density at radius 3 is 3.00 bits per heavy atom. The van der Waals surface area contributed by atoms with Crippen molar-refractivity contribution < 1.29 is 0 Å². The SMILES string of the molecule is Cc1n[nH]c(C)c1C1NCCc2[nH]cnc21. The minimum absolute atomic E-state index is 0.175. The molecule has 0 bridgehead atoms. The Morgan fingerprint density at radius 1 is 1.38 bits per heavy atom. The van der Waals surface area contributed by atoms with Crippen molar-refractivity contribution in [1.29, 1.82) is 0 Å². The maximum absolute atomic E-state index is 4.42. The fourth-order valence-electron chi connectivity index (χ4n) is 2.44. The maximum Gasteiger partial charge on any atom is 0.0926 e. The lowest BCUT2D eigenvalue weighted by atomic mass is 9.96. The van der Waals surface area contributed by atoms with E-state index in [0.717, 1.165) is 30.0 Å². The largest absolute Gasteiger partial charge is 0.348 e. The standard InChI is InChI=1S/C11H15N5/c1-6-9(7(2)16-15-6)11-10-8(3-4-12-11)13-5-14-10/h5,11-12H,3-4H2,1-2H3,(H,13,14)(H,15,16). The predicted molar refractivity (Wildman–Crippen MR) is 60.2 cm³/mol. The van der Waals surface area contributed by atoms with Crippen molar-refractivity contribution in [2.75, 3.05) is 6.54 Å².